The molecule has 0 spiro atoms. The average Bonchev–Trinajstić information content (AvgIpc) is 2.53. The second-order valence-corrected chi connectivity index (χ2v) is 4.64. The van der Waals surface area contributed by atoms with Crippen molar-refractivity contribution in [2.45, 2.75) is 19.4 Å². The lowest BCUT2D eigenvalue weighted by Crippen LogP contribution is -2.23. The zero-order chi connectivity index (χ0) is 15.5. The van der Waals surface area contributed by atoms with E-state index in [-0.39, 0.29) is 6.04 Å². The molecule has 1 aromatic carbocycles. The average molecular weight is 297 g/mol. The zero-order valence-corrected chi connectivity index (χ0v) is 13.5. The van der Waals surface area contributed by atoms with Gasteiger partial charge in [-0.15, -0.1) is 0 Å². The molecule has 0 aliphatic heterocycles. The fourth-order valence-electron chi connectivity index (χ4n) is 1.98. The standard InChI is InChI=1S/C16H27NO4/c1-5-8-20-9-10-21-12-14(17-2)13-6-7-15(18-3)16(11-13)19-4/h6-7,11,14,17H,5,8-10,12H2,1-4H3. The van der Waals surface area contributed by atoms with Crippen LogP contribution in [0.4, 0.5) is 0 Å². The van der Waals surface area contributed by atoms with E-state index in [1.807, 2.05) is 25.2 Å². The Morgan fingerprint density at radius 1 is 1.00 bits per heavy atom. The maximum absolute atomic E-state index is 5.66. The number of methoxy groups -OCH3 is 2. The van der Waals surface area contributed by atoms with Crippen molar-refractivity contribution < 1.29 is 18.9 Å². The maximum Gasteiger partial charge on any atom is 0.161 e. The van der Waals surface area contributed by atoms with Gasteiger partial charge in [-0.25, -0.2) is 0 Å². The van der Waals surface area contributed by atoms with E-state index in [9.17, 15) is 0 Å². The van der Waals surface area contributed by atoms with Gasteiger partial charge in [0.2, 0.25) is 0 Å². The van der Waals surface area contributed by atoms with Crippen molar-refractivity contribution in [3.63, 3.8) is 0 Å². The van der Waals surface area contributed by atoms with E-state index in [1.54, 1.807) is 14.2 Å². The molecule has 1 N–H and O–H groups in total. The molecule has 0 bridgehead atoms. The molecule has 0 aliphatic rings. The van der Waals surface area contributed by atoms with Gasteiger partial charge in [-0.2, -0.15) is 0 Å². The van der Waals surface area contributed by atoms with Gasteiger partial charge in [0.15, 0.2) is 11.5 Å². The zero-order valence-electron chi connectivity index (χ0n) is 13.5. The van der Waals surface area contributed by atoms with E-state index in [4.69, 9.17) is 18.9 Å². The van der Waals surface area contributed by atoms with Crippen LogP contribution < -0.4 is 14.8 Å². The van der Waals surface area contributed by atoms with E-state index < -0.39 is 0 Å². The Bertz CT molecular complexity index is 398. The Balaban J connectivity index is 2.51. The predicted octanol–water partition coefficient (Wildman–Crippen LogP) is 2.41. The molecule has 1 unspecified atom stereocenters. The van der Waals surface area contributed by atoms with E-state index in [0.717, 1.165) is 30.1 Å². The minimum atomic E-state index is 0.107. The molecular weight excluding hydrogens is 270 g/mol. The Labute approximate surface area is 127 Å². The lowest BCUT2D eigenvalue weighted by molar-refractivity contribution is 0.0399. The van der Waals surface area contributed by atoms with E-state index in [0.29, 0.717) is 19.8 Å². The Kier molecular flexibility index (Phi) is 8.82. The molecule has 0 radical (unpaired) electrons. The van der Waals surface area contributed by atoms with Crippen molar-refractivity contribution in [2.24, 2.45) is 0 Å². The van der Waals surface area contributed by atoms with Crippen LogP contribution in [0.25, 0.3) is 0 Å². The highest BCUT2D eigenvalue weighted by molar-refractivity contribution is 5.43. The minimum Gasteiger partial charge on any atom is -0.493 e. The monoisotopic (exact) mass is 297 g/mol. The Morgan fingerprint density at radius 2 is 1.71 bits per heavy atom. The molecule has 21 heavy (non-hydrogen) atoms. The fraction of sp³-hybridized carbons (Fsp3) is 0.625. The highest BCUT2D eigenvalue weighted by Crippen LogP contribution is 2.29. The van der Waals surface area contributed by atoms with Gasteiger partial charge in [-0.3, -0.25) is 0 Å². The lowest BCUT2D eigenvalue weighted by Gasteiger charge is -2.18. The third-order valence-corrected chi connectivity index (χ3v) is 3.16. The molecule has 0 aliphatic carbocycles. The maximum atomic E-state index is 5.66. The first-order chi connectivity index (χ1) is 10.3. The third-order valence-electron chi connectivity index (χ3n) is 3.16. The van der Waals surface area contributed by atoms with Gasteiger partial charge in [0.25, 0.3) is 0 Å². The normalized spacial score (nSPS) is 12.2. The van der Waals surface area contributed by atoms with Gasteiger partial charge in [0.05, 0.1) is 40.1 Å². The minimum absolute atomic E-state index is 0.107. The number of hydrogen-bond acceptors (Lipinski definition) is 5. The molecule has 0 amide bonds. The van der Waals surface area contributed by atoms with Gasteiger partial charge >= 0.3 is 0 Å². The molecule has 1 aromatic rings. The van der Waals surface area contributed by atoms with Gasteiger partial charge in [0.1, 0.15) is 0 Å². The van der Waals surface area contributed by atoms with Crippen LogP contribution in [0.1, 0.15) is 24.9 Å². The summed E-state index contributed by atoms with van der Waals surface area (Å²) in [4.78, 5) is 0. The number of nitrogens with one attached hydrogen (secondary N) is 1. The molecule has 0 saturated heterocycles. The Hall–Kier alpha value is -1.30. The van der Waals surface area contributed by atoms with Crippen molar-refractivity contribution in [1.29, 1.82) is 0 Å². The van der Waals surface area contributed by atoms with Crippen LogP contribution in [0.3, 0.4) is 0 Å². The number of benzene rings is 1. The molecule has 1 rings (SSSR count). The first-order valence-corrected chi connectivity index (χ1v) is 7.31. The van der Waals surface area contributed by atoms with E-state index in [2.05, 4.69) is 12.2 Å². The summed E-state index contributed by atoms with van der Waals surface area (Å²) in [6, 6.07) is 6.00. The summed E-state index contributed by atoms with van der Waals surface area (Å²) in [5.41, 5.74) is 1.10. The van der Waals surface area contributed by atoms with Gasteiger partial charge in [-0.05, 0) is 31.2 Å². The van der Waals surface area contributed by atoms with E-state index in [1.165, 1.54) is 0 Å². The van der Waals surface area contributed by atoms with Crippen LogP contribution in [0.5, 0.6) is 11.5 Å². The summed E-state index contributed by atoms with van der Waals surface area (Å²) in [5.74, 6) is 1.45. The first-order valence-electron chi connectivity index (χ1n) is 7.31. The highest BCUT2D eigenvalue weighted by Gasteiger charge is 2.12. The number of ether oxygens (including phenoxy) is 4. The number of hydrogen-bond donors (Lipinski definition) is 1. The van der Waals surface area contributed by atoms with Gasteiger partial charge < -0.3 is 24.3 Å². The quantitative estimate of drug-likeness (QED) is 0.636. The molecular formula is C16H27NO4. The summed E-state index contributed by atoms with van der Waals surface area (Å²) in [5, 5.41) is 3.25. The van der Waals surface area contributed by atoms with Crippen LogP contribution in [0, 0.1) is 0 Å². The first kappa shape index (κ1) is 17.8. The van der Waals surface area contributed by atoms with Gasteiger partial charge in [0, 0.05) is 6.61 Å². The second-order valence-electron chi connectivity index (χ2n) is 4.64. The fourth-order valence-corrected chi connectivity index (χ4v) is 1.98. The largest absolute Gasteiger partial charge is 0.493 e. The van der Waals surface area contributed by atoms with Crippen LogP contribution in [0.2, 0.25) is 0 Å². The predicted molar refractivity (Wildman–Crippen MR) is 83.3 cm³/mol. The van der Waals surface area contributed by atoms with E-state index >= 15 is 0 Å². The Morgan fingerprint density at radius 3 is 2.33 bits per heavy atom. The van der Waals surface area contributed by atoms with Gasteiger partial charge in [-0.1, -0.05) is 13.0 Å². The summed E-state index contributed by atoms with van der Waals surface area (Å²) >= 11 is 0. The molecule has 0 aromatic heterocycles. The molecule has 0 fully saturated rings. The van der Waals surface area contributed by atoms with Crippen LogP contribution >= 0.6 is 0 Å². The second kappa shape index (κ2) is 10.4. The van der Waals surface area contributed by atoms with Crippen molar-refractivity contribution in [3.8, 4) is 11.5 Å². The SMILES string of the molecule is CCCOCCOCC(NC)c1ccc(OC)c(OC)c1. The topological polar surface area (TPSA) is 49.0 Å². The van der Waals surface area contributed by atoms with Crippen molar-refractivity contribution in [1.82, 2.24) is 5.32 Å². The molecule has 0 saturated carbocycles. The summed E-state index contributed by atoms with van der Waals surface area (Å²) in [7, 11) is 5.18. The number of likely N-dealkylation sites (N-methyl/N-ethyl adjacent to an activating group) is 1. The molecule has 120 valence electrons. The highest BCUT2D eigenvalue weighted by atomic mass is 16.5. The smallest absolute Gasteiger partial charge is 0.161 e. The van der Waals surface area contributed by atoms with Crippen LogP contribution in [-0.2, 0) is 9.47 Å². The summed E-state index contributed by atoms with van der Waals surface area (Å²) in [6.07, 6.45) is 1.03. The molecule has 1 atom stereocenters. The van der Waals surface area contributed by atoms with Crippen molar-refractivity contribution >= 4 is 0 Å². The summed E-state index contributed by atoms with van der Waals surface area (Å²) in [6.45, 7) is 4.70. The van der Waals surface area contributed by atoms with Crippen LogP contribution in [-0.4, -0.2) is 47.7 Å². The molecule has 5 nitrogen and oxygen atoms in total. The molecule has 0 heterocycles. The summed E-state index contributed by atoms with van der Waals surface area (Å²) < 4.78 is 21.6. The number of rotatable bonds is 11. The van der Waals surface area contributed by atoms with Crippen LogP contribution in [0.15, 0.2) is 18.2 Å². The lowest BCUT2D eigenvalue weighted by atomic mass is 10.1. The third kappa shape index (κ3) is 5.91. The van der Waals surface area contributed by atoms with Crippen molar-refractivity contribution in [2.75, 3.05) is 47.7 Å². The molecule has 5 heteroatoms. The van der Waals surface area contributed by atoms with Crippen molar-refractivity contribution in [3.05, 3.63) is 23.8 Å².